The van der Waals surface area contributed by atoms with E-state index >= 15 is 0 Å². The van der Waals surface area contributed by atoms with E-state index in [0.717, 1.165) is 32.1 Å². The van der Waals surface area contributed by atoms with Gasteiger partial charge in [-0.3, -0.25) is 57.5 Å². The monoisotopic (exact) mass is 1780 g/mol. The molecular formula is C99H174O26. The van der Waals surface area contributed by atoms with E-state index in [1.54, 1.807) is 7.11 Å². The molecule has 10 saturated heterocycles. The molecule has 726 valence electrons. The minimum absolute atomic E-state index is 0. The minimum atomic E-state index is -1.02. The highest BCUT2D eigenvalue weighted by Gasteiger charge is 2.69. The second-order valence-electron chi connectivity index (χ2n) is 43.4. The fraction of sp³-hybridized carbons (Fsp3) is 0.879. The van der Waals surface area contributed by atoms with Gasteiger partial charge in [0.1, 0.15) is 64.1 Å². The van der Waals surface area contributed by atoms with Gasteiger partial charge in [-0.25, -0.2) is 0 Å². The highest BCUT2D eigenvalue weighted by Crippen LogP contribution is 2.65. The van der Waals surface area contributed by atoms with Crippen molar-refractivity contribution < 1.29 is 125 Å². The Morgan fingerprint density at radius 3 is 0.992 bits per heavy atom. The van der Waals surface area contributed by atoms with Gasteiger partial charge < -0.3 is 67.1 Å². The molecule has 20 fully saturated rings. The molecule has 0 spiro atoms. The van der Waals surface area contributed by atoms with E-state index in [2.05, 4.69) is 6.92 Å². The van der Waals surface area contributed by atoms with Crippen LogP contribution >= 0.6 is 0 Å². The van der Waals surface area contributed by atoms with Gasteiger partial charge in [-0.05, 0) is 179 Å². The molecular weight excluding hydrogens is 1610 g/mol. The van der Waals surface area contributed by atoms with Crippen LogP contribution in [0.3, 0.4) is 0 Å². The molecule has 0 aromatic rings. The molecule has 26 heteroatoms. The molecule has 125 heavy (non-hydrogen) atoms. The maximum Gasteiger partial charge on any atom is 0.312 e. The predicted molar refractivity (Wildman–Crippen MR) is 480 cm³/mol. The summed E-state index contributed by atoms with van der Waals surface area (Å²) in [5.41, 5.74) is -10.7. The Bertz CT molecular complexity index is 3870. The van der Waals surface area contributed by atoms with Crippen LogP contribution in [0.4, 0.5) is 0 Å². The first-order valence-corrected chi connectivity index (χ1v) is 42.8. The Hall–Kier alpha value is -6.44. The van der Waals surface area contributed by atoms with Crippen molar-refractivity contribution >= 4 is 71.6 Å². The molecule has 0 amide bonds. The molecule has 10 heterocycles. The molecule has 0 aromatic heterocycles. The van der Waals surface area contributed by atoms with Crippen LogP contribution in [0, 0.1) is 72.4 Å². The van der Waals surface area contributed by atoms with E-state index in [1.165, 1.54) is 0 Å². The highest BCUT2D eigenvalue weighted by atomic mass is 16.6. The smallest absolute Gasteiger partial charge is 0.312 e. The van der Waals surface area contributed by atoms with Crippen LogP contribution < -0.4 is 0 Å². The van der Waals surface area contributed by atoms with Crippen LogP contribution in [0.25, 0.3) is 0 Å². The Morgan fingerprint density at radius 1 is 0.336 bits per heavy atom. The molecule has 10 saturated carbocycles. The first-order valence-electron chi connectivity index (χ1n) is 42.8. The fourth-order valence-electron chi connectivity index (χ4n) is 22.4. The quantitative estimate of drug-likeness (QED) is 0.0950. The predicted octanol–water partition coefficient (Wildman–Crippen LogP) is 20.4. The third-order valence-electron chi connectivity index (χ3n) is 29.7. The molecule has 20 aliphatic rings. The summed E-state index contributed by atoms with van der Waals surface area (Å²) in [4.78, 5) is 149. The number of carbonyl (C=O) groups is 12. The summed E-state index contributed by atoms with van der Waals surface area (Å²) in [6, 6.07) is 0. The molecule has 26 nitrogen and oxygen atoms in total. The van der Waals surface area contributed by atoms with Gasteiger partial charge in [0.25, 0.3) is 0 Å². The lowest BCUT2D eigenvalue weighted by Gasteiger charge is -2.54. The summed E-state index contributed by atoms with van der Waals surface area (Å²) in [6.07, 6.45) is 15.2. The number of hydrogen-bond acceptors (Lipinski definition) is 25. The van der Waals surface area contributed by atoms with Gasteiger partial charge in [0, 0.05) is 123 Å². The first kappa shape index (κ1) is 117. The lowest BCUT2D eigenvalue weighted by molar-refractivity contribution is -0.208. The van der Waals surface area contributed by atoms with E-state index in [0.29, 0.717) is 148 Å². The standard InChI is InChI=1S/C21H32O6.C18H28O4.C17H24O6.C17H26O5.C16H24O5.10CH4/c1-7-19(5,6)16(23)27-21-9-13-8-20(12-21,17(24)26-18(2,3)4)10-14(11-21)25-15(13)22;1-6-15(2,3)13(19)22-18-8-12-7-16(4,10-18)9-17(5,11-18)14(20)21-12;1-4-15(2,3)14(21)23-17-6-10-5-16(9-17,13(19)20)7-11(8-17)22-12(10)18;1-5-15(2,3)14(19)22-17-7-11-6-16(10-17,20-4)8-12(9-17)21-13(11)18;1-4-14(2,3)13(18)21-16-6-10-5-15(19,9-16)7-11(8-16)20-12(10)17;;;;;;;;;;/h13-14H,7-12H2,1-6H3;12H,6-11H2,1-5H3;10-11H,4-9H2,1-3H3,(H,19,20);11-12H,5-10H2,1-4H3;10-11,19H,4-9H2,1-3H3;10*1H4. The summed E-state index contributed by atoms with van der Waals surface area (Å²) in [6.45, 7) is 38.2. The van der Waals surface area contributed by atoms with E-state index in [1.807, 2.05) is 132 Å². The molecule has 20 atom stereocenters. The number of aliphatic hydroxyl groups is 1. The number of carboxylic acids is 1. The number of fused-ring (bicyclic) bond motifs is 5. The molecule has 10 aliphatic carbocycles. The average Bonchev–Trinajstić information content (AvgIpc) is 1.65. The lowest BCUT2D eigenvalue weighted by Crippen LogP contribution is -2.57. The van der Waals surface area contributed by atoms with Crippen molar-refractivity contribution in [1.82, 2.24) is 0 Å². The average molecular weight is 1780 g/mol. The van der Waals surface area contributed by atoms with Crippen LogP contribution in [-0.2, 0) is 114 Å². The minimum Gasteiger partial charge on any atom is -0.481 e. The Kier molecular flexibility index (Phi) is 37.0. The largest absolute Gasteiger partial charge is 0.481 e. The maximum atomic E-state index is 13.1. The number of aliphatic carboxylic acids is 1. The van der Waals surface area contributed by atoms with Crippen LogP contribution in [0.1, 0.15) is 405 Å². The van der Waals surface area contributed by atoms with Crippen LogP contribution in [0.5, 0.6) is 0 Å². The summed E-state index contributed by atoms with van der Waals surface area (Å²) in [5.74, 6) is -5.03. The topological polar surface area (TPSA) is 356 Å². The van der Waals surface area contributed by atoms with Gasteiger partial charge in [-0.1, -0.05) is 116 Å². The summed E-state index contributed by atoms with van der Waals surface area (Å²) in [7, 11) is 1.68. The number of carboxylic acid groups (broad SMARTS) is 1. The second kappa shape index (κ2) is 39.7. The molecule has 0 radical (unpaired) electrons. The van der Waals surface area contributed by atoms with Gasteiger partial charge in [0.15, 0.2) is 0 Å². The highest BCUT2D eigenvalue weighted by molar-refractivity contribution is 5.85. The molecule has 20 unspecified atom stereocenters. The van der Waals surface area contributed by atoms with E-state index in [-0.39, 0.29) is 188 Å². The van der Waals surface area contributed by atoms with E-state index in [4.69, 9.17) is 56.8 Å². The van der Waals surface area contributed by atoms with Crippen molar-refractivity contribution in [3.05, 3.63) is 0 Å². The fourth-order valence-corrected chi connectivity index (χ4v) is 22.4. The number of carbonyl (C=O) groups excluding carboxylic acids is 11. The maximum absolute atomic E-state index is 13.1. The van der Waals surface area contributed by atoms with E-state index < -0.39 is 118 Å². The van der Waals surface area contributed by atoms with Crippen molar-refractivity contribution in [2.75, 3.05) is 7.11 Å². The van der Waals surface area contributed by atoms with Gasteiger partial charge in [0.05, 0.1) is 78.2 Å². The number of esters is 11. The third kappa shape index (κ3) is 23.7. The van der Waals surface area contributed by atoms with Crippen molar-refractivity contribution in [3.63, 3.8) is 0 Å². The number of ether oxygens (including phenoxy) is 12. The Labute approximate surface area is 752 Å². The van der Waals surface area contributed by atoms with Crippen LogP contribution in [0.15, 0.2) is 0 Å². The zero-order chi connectivity index (χ0) is 85.3. The van der Waals surface area contributed by atoms with E-state index in [9.17, 15) is 67.7 Å². The number of hydrogen-bond donors (Lipinski definition) is 2. The molecule has 2 N–H and O–H groups in total. The van der Waals surface area contributed by atoms with Gasteiger partial charge in [-0.2, -0.15) is 0 Å². The lowest BCUT2D eigenvalue weighted by atomic mass is 9.53. The number of rotatable bonds is 18. The van der Waals surface area contributed by atoms with Gasteiger partial charge in [0.2, 0.25) is 0 Å². The molecule has 20 bridgehead atoms. The normalized spacial score (nSPS) is 36.6. The summed E-state index contributed by atoms with van der Waals surface area (Å²) >= 11 is 0. The van der Waals surface area contributed by atoms with Crippen LogP contribution in [-0.4, -0.2) is 164 Å². The molecule has 10 aliphatic heterocycles. The Balaban J connectivity index is 0.000000768. The SMILES string of the molecule is C.C.C.C.C.C.C.C.C.C.CCC(C)(C)C(=O)OC12CC3CC(C(=O)O)(CC(C1)C(=O)O3)C2.CCC(C)(C)C(=O)OC12CC3CC(C(=O)OC(C)(C)C)(CC(C1)C(=O)O3)C2.CCC(C)(C)C(=O)OC12CC3CC(C)(C1)CC(C)(C2)C(=O)O3.CCC(C)(C)C(=O)OC12CC3CC(O)(CC(C1)C(=O)O3)C2.CCC(C)(C)C(=O)OC12CC3CC(OC)(CC(C1)C(=O)O3)C2. The number of methoxy groups -OCH3 is 1. The summed E-state index contributed by atoms with van der Waals surface area (Å²) in [5, 5.41) is 20.5. The van der Waals surface area contributed by atoms with Crippen LogP contribution in [0.2, 0.25) is 0 Å². The van der Waals surface area contributed by atoms with Crippen molar-refractivity contribution in [2.24, 2.45) is 72.4 Å². The summed E-state index contributed by atoms with van der Waals surface area (Å²) < 4.78 is 69.1. The van der Waals surface area contributed by atoms with Gasteiger partial charge in [-0.15, -0.1) is 0 Å². The van der Waals surface area contributed by atoms with Crippen molar-refractivity contribution in [3.8, 4) is 0 Å². The van der Waals surface area contributed by atoms with Crippen molar-refractivity contribution in [2.45, 2.75) is 481 Å². The second-order valence-corrected chi connectivity index (χ2v) is 43.4. The first-order chi connectivity index (χ1) is 52.8. The van der Waals surface area contributed by atoms with Gasteiger partial charge >= 0.3 is 71.6 Å². The molecule has 0 aromatic carbocycles. The Morgan fingerprint density at radius 2 is 0.624 bits per heavy atom. The van der Waals surface area contributed by atoms with Crippen molar-refractivity contribution in [1.29, 1.82) is 0 Å². The zero-order valence-corrected chi connectivity index (χ0v) is 72.6. The third-order valence-corrected chi connectivity index (χ3v) is 29.7. The molecule has 20 rings (SSSR count). The zero-order valence-electron chi connectivity index (χ0n) is 72.6.